The molecule has 0 amide bonds. The maximum absolute atomic E-state index is 4.62. The van der Waals surface area contributed by atoms with E-state index in [0.29, 0.717) is 5.95 Å². The lowest BCUT2D eigenvalue weighted by molar-refractivity contribution is 0.573. The van der Waals surface area contributed by atoms with Crippen LogP contribution in [0, 0.1) is 20.8 Å². The highest BCUT2D eigenvalue weighted by atomic mass is 15.3. The fourth-order valence-electron chi connectivity index (χ4n) is 2.69. The summed E-state index contributed by atoms with van der Waals surface area (Å²) in [5, 5.41) is 12.0. The summed E-state index contributed by atoms with van der Waals surface area (Å²) in [6.45, 7) is 7.79. The highest BCUT2D eigenvalue weighted by Gasteiger charge is 2.08. The first-order valence-corrected chi connectivity index (χ1v) is 8.10. The van der Waals surface area contributed by atoms with Gasteiger partial charge in [0, 0.05) is 43.8 Å². The zero-order valence-corrected chi connectivity index (χ0v) is 14.6. The van der Waals surface area contributed by atoms with Crippen LogP contribution in [0.3, 0.4) is 0 Å². The van der Waals surface area contributed by atoms with Crippen molar-refractivity contribution in [3.05, 3.63) is 41.6 Å². The lowest BCUT2D eigenvalue weighted by Gasteiger charge is -2.08. The summed E-state index contributed by atoms with van der Waals surface area (Å²) in [6, 6.07) is 2.09. The maximum atomic E-state index is 4.62. The molecule has 3 aromatic rings. The van der Waals surface area contributed by atoms with E-state index in [1.165, 1.54) is 5.69 Å². The minimum atomic E-state index is 0.646. The van der Waals surface area contributed by atoms with Crippen LogP contribution in [0.1, 0.15) is 23.4 Å². The van der Waals surface area contributed by atoms with Gasteiger partial charge in [0.2, 0.25) is 5.95 Å². The molecule has 3 heterocycles. The second-order valence-electron chi connectivity index (χ2n) is 6.06. The monoisotopic (exact) mass is 325 g/mol. The lowest BCUT2D eigenvalue weighted by Crippen LogP contribution is -2.11. The Hall–Kier alpha value is -2.70. The topological polar surface area (TPSA) is 73.5 Å². The molecule has 3 aromatic heterocycles. The molecule has 3 rings (SSSR count). The van der Waals surface area contributed by atoms with Gasteiger partial charge in [-0.05, 0) is 38.8 Å². The van der Waals surface area contributed by atoms with Crippen molar-refractivity contribution >= 4 is 5.95 Å². The fourth-order valence-corrected chi connectivity index (χ4v) is 2.69. The number of rotatable bonds is 6. The lowest BCUT2D eigenvalue weighted by atomic mass is 10.1. The Labute approximate surface area is 141 Å². The second-order valence-corrected chi connectivity index (χ2v) is 6.06. The first-order chi connectivity index (χ1) is 11.5. The molecule has 7 nitrogen and oxygen atoms in total. The van der Waals surface area contributed by atoms with E-state index in [0.717, 1.165) is 42.0 Å². The summed E-state index contributed by atoms with van der Waals surface area (Å²) in [4.78, 5) is 8.99. The predicted octanol–water partition coefficient (Wildman–Crippen LogP) is 2.50. The first kappa shape index (κ1) is 16.2. The molecule has 0 radical (unpaired) electrons. The van der Waals surface area contributed by atoms with Gasteiger partial charge < -0.3 is 5.32 Å². The van der Waals surface area contributed by atoms with E-state index < -0.39 is 0 Å². The highest BCUT2D eigenvalue weighted by Crippen LogP contribution is 2.20. The quantitative estimate of drug-likeness (QED) is 0.705. The zero-order chi connectivity index (χ0) is 17.1. The van der Waals surface area contributed by atoms with E-state index >= 15 is 0 Å². The Morgan fingerprint density at radius 2 is 2.00 bits per heavy atom. The molecule has 0 saturated heterocycles. The molecule has 0 fully saturated rings. The summed E-state index contributed by atoms with van der Waals surface area (Å²) in [6.07, 6.45) is 6.59. The summed E-state index contributed by atoms with van der Waals surface area (Å²) < 4.78 is 3.81. The zero-order valence-electron chi connectivity index (χ0n) is 14.6. The van der Waals surface area contributed by atoms with Crippen LogP contribution in [-0.4, -0.2) is 36.1 Å². The molecule has 1 N–H and O–H groups in total. The average Bonchev–Trinajstić information content (AvgIpc) is 3.10. The summed E-state index contributed by atoms with van der Waals surface area (Å²) >= 11 is 0. The molecular weight excluding hydrogens is 302 g/mol. The molecule has 126 valence electrons. The largest absolute Gasteiger partial charge is 0.354 e. The highest BCUT2D eigenvalue weighted by molar-refractivity contribution is 5.62. The van der Waals surface area contributed by atoms with Crippen molar-refractivity contribution in [2.24, 2.45) is 7.05 Å². The van der Waals surface area contributed by atoms with Gasteiger partial charge in [0.1, 0.15) is 0 Å². The van der Waals surface area contributed by atoms with Crippen molar-refractivity contribution in [2.75, 3.05) is 11.9 Å². The van der Waals surface area contributed by atoms with Crippen LogP contribution < -0.4 is 5.32 Å². The Bertz CT molecular complexity index is 831. The Kier molecular flexibility index (Phi) is 4.59. The third-order valence-electron chi connectivity index (χ3n) is 3.88. The number of nitrogens with zero attached hydrogens (tertiary/aromatic N) is 6. The van der Waals surface area contributed by atoms with Crippen molar-refractivity contribution in [2.45, 2.75) is 33.7 Å². The normalized spacial score (nSPS) is 11.0. The van der Waals surface area contributed by atoms with Crippen molar-refractivity contribution in [3.63, 3.8) is 0 Å². The number of hydrogen-bond acceptors (Lipinski definition) is 5. The van der Waals surface area contributed by atoms with Crippen LogP contribution in [0.2, 0.25) is 0 Å². The van der Waals surface area contributed by atoms with Crippen LogP contribution in [0.15, 0.2) is 24.7 Å². The molecule has 7 heteroatoms. The molecule has 24 heavy (non-hydrogen) atoms. The van der Waals surface area contributed by atoms with Gasteiger partial charge in [0.15, 0.2) is 0 Å². The van der Waals surface area contributed by atoms with Crippen LogP contribution in [0.25, 0.3) is 11.3 Å². The third-order valence-corrected chi connectivity index (χ3v) is 3.88. The molecule has 0 bridgehead atoms. The van der Waals surface area contributed by atoms with Crippen LogP contribution in [-0.2, 0) is 13.6 Å². The van der Waals surface area contributed by atoms with E-state index in [4.69, 9.17) is 0 Å². The fraction of sp³-hybridized carbons (Fsp3) is 0.412. The first-order valence-electron chi connectivity index (χ1n) is 8.10. The van der Waals surface area contributed by atoms with E-state index in [-0.39, 0.29) is 0 Å². The Morgan fingerprint density at radius 3 is 2.67 bits per heavy atom. The van der Waals surface area contributed by atoms with Crippen molar-refractivity contribution in [1.29, 1.82) is 0 Å². The minimum absolute atomic E-state index is 0.646. The summed E-state index contributed by atoms with van der Waals surface area (Å²) in [7, 11) is 1.90. The smallest absolute Gasteiger partial charge is 0.223 e. The van der Waals surface area contributed by atoms with Gasteiger partial charge in [-0.3, -0.25) is 9.36 Å². The van der Waals surface area contributed by atoms with Gasteiger partial charge >= 0.3 is 0 Å². The molecular formula is C17H23N7. The molecule has 0 atom stereocenters. The molecule has 0 aromatic carbocycles. The number of hydrogen-bond donors (Lipinski definition) is 1. The van der Waals surface area contributed by atoms with Gasteiger partial charge in [-0.1, -0.05) is 0 Å². The summed E-state index contributed by atoms with van der Waals surface area (Å²) in [5.74, 6) is 0.646. The van der Waals surface area contributed by atoms with Crippen molar-refractivity contribution < 1.29 is 0 Å². The maximum Gasteiger partial charge on any atom is 0.223 e. The molecule has 0 spiro atoms. The van der Waals surface area contributed by atoms with E-state index in [1.54, 1.807) is 4.68 Å². The van der Waals surface area contributed by atoms with Gasteiger partial charge in [-0.2, -0.15) is 10.2 Å². The Balaban J connectivity index is 1.60. The minimum Gasteiger partial charge on any atom is -0.354 e. The molecule has 0 unspecified atom stereocenters. The van der Waals surface area contributed by atoms with E-state index in [1.807, 2.05) is 44.2 Å². The number of aryl methyl sites for hydroxylation is 5. The van der Waals surface area contributed by atoms with Gasteiger partial charge in [0.05, 0.1) is 17.6 Å². The molecule has 0 aliphatic carbocycles. The van der Waals surface area contributed by atoms with Gasteiger partial charge in [0.25, 0.3) is 0 Å². The number of anilines is 1. The number of aromatic nitrogens is 6. The second kappa shape index (κ2) is 6.82. The van der Waals surface area contributed by atoms with Gasteiger partial charge in [-0.25, -0.2) is 9.97 Å². The third kappa shape index (κ3) is 3.61. The van der Waals surface area contributed by atoms with Crippen molar-refractivity contribution in [1.82, 2.24) is 29.5 Å². The summed E-state index contributed by atoms with van der Waals surface area (Å²) in [5.41, 5.74) is 5.21. The standard InChI is InChI=1S/C17H23N7/c1-12-9-19-17(21-16(12)15-10-20-23(4)11-15)18-6-5-7-24-14(3)8-13(2)22-24/h8-11H,5-7H2,1-4H3,(H,18,19,21). The molecule has 0 saturated carbocycles. The van der Waals surface area contributed by atoms with Gasteiger partial charge in [-0.15, -0.1) is 0 Å². The molecule has 0 aliphatic rings. The SMILES string of the molecule is Cc1cc(C)n(CCCNc2ncc(C)c(-c3cnn(C)c3)n2)n1. The van der Waals surface area contributed by atoms with Crippen molar-refractivity contribution in [3.8, 4) is 11.3 Å². The average molecular weight is 325 g/mol. The van der Waals surface area contributed by atoms with Crippen LogP contribution in [0.4, 0.5) is 5.95 Å². The van der Waals surface area contributed by atoms with E-state index in [2.05, 4.69) is 38.5 Å². The molecule has 0 aliphatic heterocycles. The Morgan fingerprint density at radius 1 is 1.17 bits per heavy atom. The van der Waals surface area contributed by atoms with E-state index in [9.17, 15) is 0 Å². The van der Waals surface area contributed by atoms with Crippen LogP contribution >= 0.6 is 0 Å². The van der Waals surface area contributed by atoms with Crippen LogP contribution in [0.5, 0.6) is 0 Å². The number of nitrogens with one attached hydrogen (secondary N) is 1. The predicted molar refractivity (Wildman–Crippen MR) is 93.8 cm³/mol.